The number of carbonyl (C=O) groups excluding carboxylic acids is 3. The standard InChI is InChI=1S/C74H134O6/c1-4-7-10-13-16-19-22-25-27-29-31-33-34-35-36-37-38-39-40-41-43-44-46-49-52-55-58-61-64-67-73(76)79-70-71(69-78-72(75)66-63-60-57-54-51-48-24-21-18-15-12-9-6-3)80-74(77)68-65-62-59-56-53-50-47-45-42-32-30-28-26-23-20-17-14-11-8-5-2/h7,10,16,19,25,27,31,33,35-36,71H,4-6,8-9,11-15,17-18,20-24,26,28-30,32,34,37-70H2,1-3H3/b10-7-,19-16-,27-25-,33-31-,36-35-. The molecule has 0 aliphatic carbocycles. The maximum atomic E-state index is 12.9. The average Bonchev–Trinajstić information content (AvgIpc) is 3.46. The third-order valence-corrected chi connectivity index (χ3v) is 15.8. The Morgan fingerprint density at radius 1 is 0.263 bits per heavy atom. The van der Waals surface area contributed by atoms with Crippen molar-refractivity contribution in [1.29, 1.82) is 0 Å². The number of hydrogen-bond donors (Lipinski definition) is 0. The van der Waals surface area contributed by atoms with E-state index in [1.807, 2.05) is 0 Å². The van der Waals surface area contributed by atoms with E-state index in [2.05, 4.69) is 81.5 Å². The Kier molecular flexibility index (Phi) is 66.1. The van der Waals surface area contributed by atoms with Crippen LogP contribution in [0, 0.1) is 0 Å². The molecule has 0 amide bonds. The summed E-state index contributed by atoms with van der Waals surface area (Å²) in [6, 6.07) is 0. The fourth-order valence-electron chi connectivity index (χ4n) is 10.5. The number of esters is 3. The van der Waals surface area contributed by atoms with Crippen LogP contribution in [0.5, 0.6) is 0 Å². The fraction of sp³-hybridized carbons (Fsp3) is 0.824. The van der Waals surface area contributed by atoms with Gasteiger partial charge < -0.3 is 14.2 Å². The molecule has 0 rings (SSSR count). The Morgan fingerprint density at radius 3 is 0.762 bits per heavy atom. The normalized spacial score (nSPS) is 12.4. The molecule has 0 aromatic carbocycles. The van der Waals surface area contributed by atoms with Gasteiger partial charge in [-0.25, -0.2) is 0 Å². The van der Waals surface area contributed by atoms with Gasteiger partial charge in [-0.05, 0) is 64.2 Å². The lowest BCUT2D eigenvalue weighted by Gasteiger charge is -2.18. The van der Waals surface area contributed by atoms with E-state index in [4.69, 9.17) is 14.2 Å². The zero-order valence-electron chi connectivity index (χ0n) is 53.6. The molecule has 0 N–H and O–H groups in total. The second-order valence-electron chi connectivity index (χ2n) is 23.8. The minimum absolute atomic E-state index is 0.0675. The SMILES string of the molecule is CC/C=C\C/C=C\C/C=C\C/C=C\C/C=C\CCCCCCCCCCCCCCCC(=O)OCC(COC(=O)CCCCCCCCCCCCCCC)OC(=O)CCCCCCCCCCCCCCCCCCCCCC. The Balaban J connectivity index is 4.22. The summed E-state index contributed by atoms with van der Waals surface area (Å²) in [6.07, 6.45) is 88.2. The highest BCUT2D eigenvalue weighted by atomic mass is 16.6. The van der Waals surface area contributed by atoms with Crippen molar-refractivity contribution >= 4 is 17.9 Å². The van der Waals surface area contributed by atoms with Gasteiger partial charge in [0.25, 0.3) is 0 Å². The average molecular weight is 1120 g/mol. The molecule has 0 aromatic heterocycles. The summed E-state index contributed by atoms with van der Waals surface area (Å²) >= 11 is 0. The van der Waals surface area contributed by atoms with Crippen molar-refractivity contribution in [3.8, 4) is 0 Å². The van der Waals surface area contributed by atoms with Gasteiger partial charge in [-0.2, -0.15) is 0 Å². The molecule has 6 heteroatoms. The molecule has 0 spiro atoms. The molecule has 0 saturated heterocycles. The zero-order valence-corrected chi connectivity index (χ0v) is 53.6. The van der Waals surface area contributed by atoms with Crippen LogP contribution in [0.15, 0.2) is 60.8 Å². The highest BCUT2D eigenvalue weighted by Gasteiger charge is 2.19. The van der Waals surface area contributed by atoms with Crippen molar-refractivity contribution in [2.45, 2.75) is 380 Å². The maximum absolute atomic E-state index is 12.9. The second kappa shape index (κ2) is 68.6. The molecule has 0 aliphatic heterocycles. The van der Waals surface area contributed by atoms with Gasteiger partial charge in [0.1, 0.15) is 13.2 Å². The number of rotatable bonds is 65. The van der Waals surface area contributed by atoms with E-state index < -0.39 is 6.10 Å². The number of ether oxygens (including phenoxy) is 3. The van der Waals surface area contributed by atoms with Crippen LogP contribution in [0.1, 0.15) is 374 Å². The number of unbranched alkanes of at least 4 members (excludes halogenated alkanes) is 44. The lowest BCUT2D eigenvalue weighted by Crippen LogP contribution is -2.30. The first-order valence-electron chi connectivity index (χ1n) is 35.3. The van der Waals surface area contributed by atoms with Crippen LogP contribution in [-0.2, 0) is 28.6 Å². The predicted molar refractivity (Wildman–Crippen MR) is 348 cm³/mol. The molecule has 0 fully saturated rings. The Bertz CT molecular complexity index is 1430. The molecular formula is C74H134O6. The first kappa shape index (κ1) is 77.1. The van der Waals surface area contributed by atoms with E-state index >= 15 is 0 Å². The number of hydrogen-bond acceptors (Lipinski definition) is 6. The molecule has 0 heterocycles. The summed E-state index contributed by atoms with van der Waals surface area (Å²) in [6.45, 7) is 6.59. The van der Waals surface area contributed by atoms with Gasteiger partial charge in [-0.1, -0.05) is 351 Å². The van der Waals surface area contributed by atoms with Crippen LogP contribution >= 0.6 is 0 Å². The van der Waals surface area contributed by atoms with Gasteiger partial charge in [-0.15, -0.1) is 0 Å². The highest BCUT2D eigenvalue weighted by Crippen LogP contribution is 2.18. The molecule has 0 bridgehead atoms. The van der Waals surface area contributed by atoms with E-state index in [1.165, 1.54) is 244 Å². The first-order chi connectivity index (χ1) is 39.5. The molecule has 1 unspecified atom stereocenters. The van der Waals surface area contributed by atoms with Crippen LogP contribution in [0.2, 0.25) is 0 Å². The second-order valence-corrected chi connectivity index (χ2v) is 23.8. The van der Waals surface area contributed by atoms with Gasteiger partial charge in [-0.3, -0.25) is 14.4 Å². The topological polar surface area (TPSA) is 78.9 Å². The largest absolute Gasteiger partial charge is 0.462 e. The quantitative estimate of drug-likeness (QED) is 0.0261. The summed E-state index contributed by atoms with van der Waals surface area (Å²) in [5.41, 5.74) is 0. The predicted octanol–water partition coefficient (Wildman–Crippen LogP) is 24.3. The first-order valence-corrected chi connectivity index (χ1v) is 35.3. The summed E-state index contributed by atoms with van der Waals surface area (Å²) < 4.78 is 17.0. The van der Waals surface area contributed by atoms with Gasteiger partial charge in [0.15, 0.2) is 6.10 Å². The summed E-state index contributed by atoms with van der Waals surface area (Å²) in [5.74, 6) is -0.841. The van der Waals surface area contributed by atoms with Crippen molar-refractivity contribution in [2.24, 2.45) is 0 Å². The van der Waals surface area contributed by atoms with Crippen molar-refractivity contribution in [2.75, 3.05) is 13.2 Å². The molecule has 0 aliphatic rings. The third kappa shape index (κ3) is 65.9. The van der Waals surface area contributed by atoms with Crippen molar-refractivity contribution in [3.63, 3.8) is 0 Å². The van der Waals surface area contributed by atoms with E-state index in [1.54, 1.807) is 0 Å². The maximum Gasteiger partial charge on any atom is 0.306 e. The molecule has 0 aromatic rings. The van der Waals surface area contributed by atoms with Crippen LogP contribution in [0.4, 0.5) is 0 Å². The van der Waals surface area contributed by atoms with Gasteiger partial charge in [0.05, 0.1) is 0 Å². The summed E-state index contributed by atoms with van der Waals surface area (Å²) in [7, 11) is 0. The lowest BCUT2D eigenvalue weighted by molar-refractivity contribution is -0.167. The summed E-state index contributed by atoms with van der Waals surface area (Å²) in [4.78, 5) is 38.4. The van der Waals surface area contributed by atoms with Gasteiger partial charge in [0.2, 0.25) is 0 Å². The summed E-state index contributed by atoms with van der Waals surface area (Å²) in [5, 5.41) is 0. The van der Waals surface area contributed by atoms with Crippen molar-refractivity contribution in [3.05, 3.63) is 60.8 Å². The van der Waals surface area contributed by atoms with Crippen molar-refractivity contribution in [1.82, 2.24) is 0 Å². The molecule has 0 saturated carbocycles. The molecular weight excluding hydrogens is 985 g/mol. The van der Waals surface area contributed by atoms with E-state index in [-0.39, 0.29) is 31.1 Å². The van der Waals surface area contributed by atoms with Gasteiger partial charge in [0, 0.05) is 19.3 Å². The zero-order chi connectivity index (χ0) is 57.8. The third-order valence-electron chi connectivity index (χ3n) is 15.8. The van der Waals surface area contributed by atoms with Crippen LogP contribution in [0.25, 0.3) is 0 Å². The van der Waals surface area contributed by atoms with Crippen molar-refractivity contribution < 1.29 is 28.6 Å². The smallest absolute Gasteiger partial charge is 0.306 e. The lowest BCUT2D eigenvalue weighted by atomic mass is 10.0. The van der Waals surface area contributed by atoms with Crippen LogP contribution < -0.4 is 0 Å². The minimum Gasteiger partial charge on any atom is -0.462 e. The Hall–Kier alpha value is -2.89. The molecule has 6 nitrogen and oxygen atoms in total. The van der Waals surface area contributed by atoms with E-state index in [0.29, 0.717) is 19.3 Å². The van der Waals surface area contributed by atoms with Crippen LogP contribution in [0.3, 0.4) is 0 Å². The molecule has 1 atom stereocenters. The van der Waals surface area contributed by atoms with Gasteiger partial charge >= 0.3 is 17.9 Å². The van der Waals surface area contributed by atoms with E-state index in [9.17, 15) is 14.4 Å². The number of carbonyl (C=O) groups is 3. The number of allylic oxidation sites excluding steroid dienone is 10. The fourth-order valence-corrected chi connectivity index (χ4v) is 10.5. The van der Waals surface area contributed by atoms with Crippen LogP contribution in [-0.4, -0.2) is 37.2 Å². The van der Waals surface area contributed by atoms with E-state index in [0.717, 1.165) is 89.9 Å². The Morgan fingerprint density at radius 2 is 0.487 bits per heavy atom. The molecule has 466 valence electrons. The highest BCUT2D eigenvalue weighted by molar-refractivity contribution is 5.71. The monoisotopic (exact) mass is 1120 g/mol. The molecule has 80 heavy (non-hydrogen) atoms. The Labute approximate surface area is 498 Å². The minimum atomic E-state index is -0.771. The molecule has 0 radical (unpaired) electrons.